The smallest absolute Gasteiger partial charge is 0.370 e. The summed E-state index contributed by atoms with van der Waals surface area (Å²) in [7, 11) is 1.86. The number of halogens is 3. The van der Waals surface area contributed by atoms with E-state index in [0.717, 1.165) is 12.0 Å². The summed E-state index contributed by atoms with van der Waals surface area (Å²) in [5, 5.41) is 7.22. The highest BCUT2D eigenvalue weighted by molar-refractivity contribution is 5.09. The summed E-state index contributed by atoms with van der Waals surface area (Å²) in [5.74, 6) is 0. The van der Waals surface area contributed by atoms with Crippen LogP contribution in [0.2, 0.25) is 0 Å². The number of nitrogens with zero attached hydrogens (tertiary/aromatic N) is 2. The maximum atomic E-state index is 11.8. The van der Waals surface area contributed by atoms with Gasteiger partial charge in [-0.3, -0.25) is 4.68 Å². The molecule has 0 radical (unpaired) electrons. The van der Waals surface area contributed by atoms with Gasteiger partial charge in [0.25, 0.3) is 0 Å². The predicted molar refractivity (Wildman–Crippen MR) is 61.2 cm³/mol. The minimum atomic E-state index is -4.27. The standard InChI is InChI=1S/C11H18F3N3O/c1-3-10(15-2)9-6-16-17(7-9)4-5-18-8-11(12,13)14/h6-7,10,15H,3-5,8H2,1-2H3. The molecule has 0 aliphatic heterocycles. The Balaban J connectivity index is 2.35. The summed E-state index contributed by atoms with van der Waals surface area (Å²) in [5.41, 5.74) is 1.02. The molecule has 0 bridgehead atoms. The highest BCUT2D eigenvalue weighted by Gasteiger charge is 2.27. The van der Waals surface area contributed by atoms with E-state index in [0.29, 0.717) is 6.54 Å². The molecule has 0 saturated carbocycles. The molecule has 104 valence electrons. The zero-order chi connectivity index (χ0) is 13.6. The van der Waals surface area contributed by atoms with Crippen LogP contribution in [0.3, 0.4) is 0 Å². The normalized spacial score (nSPS) is 13.8. The Morgan fingerprint density at radius 2 is 2.22 bits per heavy atom. The highest BCUT2D eigenvalue weighted by atomic mass is 19.4. The zero-order valence-electron chi connectivity index (χ0n) is 10.5. The summed E-state index contributed by atoms with van der Waals surface area (Å²) in [6, 6.07) is 0.217. The number of nitrogens with one attached hydrogen (secondary N) is 1. The van der Waals surface area contributed by atoms with Crippen LogP contribution in [0.4, 0.5) is 13.2 Å². The largest absolute Gasteiger partial charge is 0.411 e. The van der Waals surface area contributed by atoms with Gasteiger partial charge in [-0.2, -0.15) is 18.3 Å². The lowest BCUT2D eigenvalue weighted by Gasteiger charge is -2.10. The van der Waals surface area contributed by atoms with Gasteiger partial charge < -0.3 is 10.1 Å². The van der Waals surface area contributed by atoms with Crippen molar-refractivity contribution in [2.45, 2.75) is 32.1 Å². The number of hydrogen-bond acceptors (Lipinski definition) is 3. The van der Waals surface area contributed by atoms with Gasteiger partial charge in [0.05, 0.1) is 19.3 Å². The van der Waals surface area contributed by atoms with Gasteiger partial charge in [-0.15, -0.1) is 0 Å². The average Bonchev–Trinajstić information content (AvgIpc) is 2.74. The molecule has 0 spiro atoms. The molecule has 0 saturated heterocycles. The SMILES string of the molecule is CCC(NC)c1cnn(CCOCC(F)(F)F)c1. The van der Waals surface area contributed by atoms with E-state index in [1.54, 1.807) is 10.9 Å². The third kappa shape index (κ3) is 5.05. The molecule has 1 heterocycles. The van der Waals surface area contributed by atoms with Crippen LogP contribution in [-0.2, 0) is 11.3 Å². The van der Waals surface area contributed by atoms with Gasteiger partial charge in [-0.25, -0.2) is 0 Å². The Labute approximate surface area is 104 Å². The van der Waals surface area contributed by atoms with Crippen LogP contribution < -0.4 is 5.32 Å². The quantitative estimate of drug-likeness (QED) is 0.768. The Kier molecular flexibility index (Phi) is 5.61. The fourth-order valence-corrected chi connectivity index (χ4v) is 1.63. The first-order chi connectivity index (χ1) is 8.46. The molecule has 1 unspecified atom stereocenters. The van der Waals surface area contributed by atoms with Crippen LogP contribution in [0.5, 0.6) is 0 Å². The van der Waals surface area contributed by atoms with Crippen molar-refractivity contribution >= 4 is 0 Å². The summed E-state index contributed by atoms with van der Waals surface area (Å²) < 4.78 is 41.6. The van der Waals surface area contributed by atoms with Crippen molar-refractivity contribution in [1.82, 2.24) is 15.1 Å². The molecular formula is C11H18F3N3O. The fourth-order valence-electron chi connectivity index (χ4n) is 1.63. The van der Waals surface area contributed by atoms with Crippen LogP contribution in [0.25, 0.3) is 0 Å². The molecule has 0 fully saturated rings. The molecule has 1 rings (SSSR count). The lowest BCUT2D eigenvalue weighted by Crippen LogP contribution is -2.19. The molecule has 1 N–H and O–H groups in total. The molecule has 0 aliphatic rings. The third-order valence-corrected chi connectivity index (χ3v) is 2.54. The molecule has 1 aromatic heterocycles. The van der Waals surface area contributed by atoms with Gasteiger partial charge in [0.1, 0.15) is 6.61 Å². The summed E-state index contributed by atoms with van der Waals surface area (Å²) in [4.78, 5) is 0. The van der Waals surface area contributed by atoms with E-state index in [4.69, 9.17) is 0 Å². The van der Waals surface area contributed by atoms with Crippen molar-refractivity contribution < 1.29 is 17.9 Å². The third-order valence-electron chi connectivity index (χ3n) is 2.54. The summed E-state index contributed by atoms with van der Waals surface area (Å²) in [6.45, 7) is 1.15. The number of rotatable bonds is 7. The van der Waals surface area contributed by atoms with Gasteiger partial charge in [0.15, 0.2) is 0 Å². The van der Waals surface area contributed by atoms with E-state index < -0.39 is 12.8 Å². The van der Waals surface area contributed by atoms with E-state index >= 15 is 0 Å². The van der Waals surface area contributed by atoms with E-state index in [9.17, 15) is 13.2 Å². The van der Waals surface area contributed by atoms with Crippen LogP contribution in [0.1, 0.15) is 24.9 Å². The van der Waals surface area contributed by atoms with Gasteiger partial charge in [0, 0.05) is 17.8 Å². The first-order valence-corrected chi connectivity index (χ1v) is 5.80. The summed E-state index contributed by atoms with van der Waals surface area (Å²) in [6.07, 6.45) is 0.192. The molecule has 0 amide bonds. The lowest BCUT2D eigenvalue weighted by atomic mass is 10.1. The average molecular weight is 265 g/mol. The lowest BCUT2D eigenvalue weighted by molar-refractivity contribution is -0.174. The Morgan fingerprint density at radius 1 is 1.50 bits per heavy atom. The van der Waals surface area contributed by atoms with Gasteiger partial charge >= 0.3 is 6.18 Å². The first kappa shape index (κ1) is 15.0. The van der Waals surface area contributed by atoms with E-state index in [-0.39, 0.29) is 12.6 Å². The second-order valence-corrected chi connectivity index (χ2v) is 3.95. The number of hydrogen-bond donors (Lipinski definition) is 1. The monoisotopic (exact) mass is 265 g/mol. The fraction of sp³-hybridized carbons (Fsp3) is 0.727. The van der Waals surface area contributed by atoms with E-state index in [1.807, 2.05) is 20.2 Å². The second kappa shape index (κ2) is 6.75. The maximum Gasteiger partial charge on any atom is 0.411 e. The minimum Gasteiger partial charge on any atom is -0.370 e. The molecule has 7 heteroatoms. The minimum absolute atomic E-state index is 0.00300. The Hall–Kier alpha value is -1.08. The second-order valence-electron chi connectivity index (χ2n) is 3.95. The van der Waals surface area contributed by atoms with Gasteiger partial charge in [-0.05, 0) is 13.5 Å². The van der Waals surface area contributed by atoms with Crippen molar-refractivity contribution in [3.05, 3.63) is 18.0 Å². The number of aromatic nitrogens is 2. The molecule has 18 heavy (non-hydrogen) atoms. The number of ether oxygens (including phenoxy) is 1. The topological polar surface area (TPSA) is 39.1 Å². The molecule has 1 atom stereocenters. The Morgan fingerprint density at radius 3 is 2.78 bits per heavy atom. The van der Waals surface area contributed by atoms with Crippen LogP contribution in [0.15, 0.2) is 12.4 Å². The van der Waals surface area contributed by atoms with E-state index in [2.05, 4.69) is 15.2 Å². The zero-order valence-corrected chi connectivity index (χ0v) is 10.5. The molecule has 4 nitrogen and oxygen atoms in total. The molecule has 0 aliphatic carbocycles. The van der Waals surface area contributed by atoms with Crippen molar-refractivity contribution in [2.24, 2.45) is 0 Å². The van der Waals surface area contributed by atoms with Crippen molar-refractivity contribution in [3.63, 3.8) is 0 Å². The van der Waals surface area contributed by atoms with Crippen molar-refractivity contribution in [2.75, 3.05) is 20.3 Å². The first-order valence-electron chi connectivity index (χ1n) is 5.80. The van der Waals surface area contributed by atoms with Gasteiger partial charge in [0.2, 0.25) is 0 Å². The van der Waals surface area contributed by atoms with E-state index in [1.165, 1.54) is 0 Å². The maximum absolute atomic E-state index is 11.8. The molecule has 0 aromatic carbocycles. The van der Waals surface area contributed by atoms with Crippen molar-refractivity contribution in [1.29, 1.82) is 0 Å². The predicted octanol–water partition coefficient (Wildman–Crippen LogP) is 2.13. The number of alkyl halides is 3. The van der Waals surface area contributed by atoms with Gasteiger partial charge in [-0.1, -0.05) is 6.92 Å². The van der Waals surface area contributed by atoms with Crippen molar-refractivity contribution in [3.8, 4) is 0 Å². The Bertz CT molecular complexity index is 348. The highest BCUT2D eigenvalue weighted by Crippen LogP contribution is 2.15. The van der Waals surface area contributed by atoms with Crippen LogP contribution in [0, 0.1) is 0 Å². The van der Waals surface area contributed by atoms with Crippen LogP contribution in [-0.4, -0.2) is 36.2 Å². The molecular weight excluding hydrogens is 247 g/mol. The van der Waals surface area contributed by atoms with Crippen LogP contribution >= 0.6 is 0 Å². The summed E-state index contributed by atoms with van der Waals surface area (Å²) >= 11 is 0. The molecule has 1 aromatic rings.